The van der Waals surface area contributed by atoms with Crippen molar-refractivity contribution in [3.05, 3.63) is 75.3 Å². The van der Waals surface area contributed by atoms with Crippen LogP contribution in [0.5, 0.6) is 5.75 Å². The van der Waals surface area contributed by atoms with Gasteiger partial charge in [0.15, 0.2) is 0 Å². The van der Waals surface area contributed by atoms with Crippen LogP contribution in [-0.4, -0.2) is 58.9 Å². The van der Waals surface area contributed by atoms with Gasteiger partial charge < -0.3 is 23.7 Å². The maximum atomic E-state index is 13.3. The Morgan fingerprint density at radius 2 is 0.929 bits per heavy atom. The van der Waals surface area contributed by atoms with Gasteiger partial charge in [0.05, 0.1) is 51.7 Å². The summed E-state index contributed by atoms with van der Waals surface area (Å²) in [5.41, 5.74) is 3.66. The lowest BCUT2D eigenvalue weighted by Crippen LogP contribution is -2.14. The number of carbonyl (C=O) groups excluding carboxylic acids is 4. The Labute approximate surface area is 245 Å². The summed E-state index contributed by atoms with van der Waals surface area (Å²) < 4.78 is 26.7. The number of esters is 4. The molecule has 0 amide bonds. The van der Waals surface area contributed by atoms with Crippen LogP contribution in [0.3, 0.4) is 0 Å². The molecule has 0 aliphatic carbocycles. The molecule has 0 aliphatic rings. The second kappa shape index (κ2) is 13.8. The molecule has 3 aromatic carbocycles. The molecule has 0 aromatic heterocycles. The van der Waals surface area contributed by atoms with Gasteiger partial charge in [0.25, 0.3) is 0 Å². The monoisotopic (exact) mass is 576 g/mol. The van der Waals surface area contributed by atoms with Crippen molar-refractivity contribution in [1.29, 1.82) is 0 Å². The summed E-state index contributed by atoms with van der Waals surface area (Å²) in [6.45, 7) is 7.61. The first kappa shape index (κ1) is 31.9. The van der Waals surface area contributed by atoms with Crippen LogP contribution >= 0.6 is 0 Å². The smallest absolute Gasteiger partial charge is 0.341 e. The van der Waals surface area contributed by atoms with Crippen LogP contribution in [0.25, 0.3) is 22.3 Å². The maximum Gasteiger partial charge on any atom is 0.341 e. The number of hydrogen-bond acceptors (Lipinski definition) is 9. The molecule has 0 spiro atoms. The Morgan fingerprint density at radius 3 is 1.38 bits per heavy atom. The predicted octanol–water partition coefficient (Wildman–Crippen LogP) is 6.27. The largest absolute Gasteiger partial charge is 0.492 e. The molecular weight excluding hydrogens is 540 g/mol. The van der Waals surface area contributed by atoms with E-state index in [0.717, 1.165) is 6.42 Å². The summed E-state index contributed by atoms with van der Waals surface area (Å²) in [5, 5.41) is 0. The van der Waals surface area contributed by atoms with Crippen LogP contribution in [0.4, 0.5) is 0 Å². The molecule has 3 rings (SSSR count). The fraction of sp³-hybridized carbons (Fsp3) is 0.333. The van der Waals surface area contributed by atoms with Gasteiger partial charge in [-0.25, -0.2) is 19.2 Å². The Balaban J connectivity index is 2.66. The van der Waals surface area contributed by atoms with E-state index in [0.29, 0.717) is 39.8 Å². The molecule has 0 saturated heterocycles. The second-order valence-corrected chi connectivity index (χ2v) is 9.83. The van der Waals surface area contributed by atoms with E-state index in [9.17, 15) is 19.2 Å². The number of benzene rings is 3. The average molecular weight is 577 g/mol. The first-order valence-electron chi connectivity index (χ1n) is 13.4. The zero-order valence-corrected chi connectivity index (χ0v) is 25.3. The van der Waals surface area contributed by atoms with Crippen molar-refractivity contribution in [2.75, 3.05) is 35.0 Å². The molecule has 9 heteroatoms. The third-order valence-corrected chi connectivity index (χ3v) is 6.70. The molecule has 0 atom stereocenters. The van der Waals surface area contributed by atoms with E-state index in [1.807, 2.05) is 6.92 Å². The molecule has 3 aromatic rings. The van der Waals surface area contributed by atoms with Crippen LogP contribution in [0.1, 0.15) is 77.9 Å². The normalized spacial score (nSPS) is 10.6. The number of ether oxygens (including phenoxy) is 5. The Kier molecular flexibility index (Phi) is 10.5. The lowest BCUT2D eigenvalue weighted by atomic mass is 9.83. The van der Waals surface area contributed by atoms with Crippen LogP contribution in [-0.2, 0) is 18.9 Å². The van der Waals surface area contributed by atoms with Crippen molar-refractivity contribution < 1.29 is 42.9 Å². The second-order valence-electron chi connectivity index (χ2n) is 9.83. The first-order valence-corrected chi connectivity index (χ1v) is 13.4. The zero-order valence-electron chi connectivity index (χ0n) is 25.3. The molecule has 0 saturated carbocycles. The van der Waals surface area contributed by atoms with E-state index < -0.39 is 23.9 Å². The summed E-state index contributed by atoms with van der Waals surface area (Å²) >= 11 is 0. The molecule has 0 bridgehead atoms. The first-order chi connectivity index (χ1) is 20.0. The molecule has 0 radical (unpaired) electrons. The summed E-state index contributed by atoms with van der Waals surface area (Å²) in [5.74, 6) is -2.47. The topological polar surface area (TPSA) is 114 Å². The van der Waals surface area contributed by atoms with Gasteiger partial charge >= 0.3 is 23.9 Å². The van der Waals surface area contributed by atoms with Crippen LogP contribution < -0.4 is 4.74 Å². The van der Waals surface area contributed by atoms with E-state index in [2.05, 4.69) is 0 Å². The van der Waals surface area contributed by atoms with Gasteiger partial charge in [0.1, 0.15) is 11.3 Å². The molecule has 9 nitrogen and oxygen atoms in total. The summed E-state index contributed by atoms with van der Waals surface area (Å²) in [6, 6.07) is 10.0. The van der Waals surface area contributed by atoms with E-state index in [1.54, 1.807) is 57.2 Å². The molecule has 42 heavy (non-hydrogen) atoms. The van der Waals surface area contributed by atoms with Gasteiger partial charge in [0, 0.05) is 16.7 Å². The number of methoxy groups -OCH3 is 4. The van der Waals surface area contributed by atoms with E-state index in [-0.39, 0.29) is 40.2 Å². The van der Waals surface area contributed by atoms with Crippen molar-refractivity contribution >= 4 is 23.9 Å². The van der Waals surface area contributed by atoms with Gasteiger partial charge in [-0.15, -0.1) is 0 Å². The molecule has 0 fully saturated rings. The average Bonchev–Trinajstić information content (AvgIpc) is 2.98. The lowest BCUT2D eigenvalue weighted by molar-refractivity contribution is 0.0585. The van der Waals surface area contributed by atoms with Crippen molar-refractivity contribution in [1.82, 2.24) is 0 Å². The SMILES string of the molecule is CCCCOc1c(C(=O)OC)cc(C)cc1-c1c(C(=O)OC)cc(C)cc1-c1c(C(=O)OC)cc(C)cc1C(=O)OC. The summed E-state index contributed by atoms with van der Waals surface area (Å²) in [6.07, 6.45) is 1.54. The molecule has 0 heterocycles. The fourth-order valence-electron chi connectivity index (χ4n) is 4.86. The van der Waals surface area contributed by atoms with E-state index in [4.69, 9.17) is 23.7 Å². The highest BCUT2D eigenvalue weighted by molar-refractivity contribution is 6.12. The van der Waals surface area contributed by atoms with Crippen LogP contribution in [0.2, 0.25) is 0 Å². The minimum atomic E-state index is -0.690. The molecule has 0 unspecified atom stereocenters. The van der Waals surface area contributed by atoms with Gasteiger partial charge in [-0.05, 0) is 79.8 Å². The third kappa shape index (κ3) is 6.46. The number of unbranched alkanes of at least 4 members (excludes halogenated alkanes) is 1. The zero-order chi connectivity index (χ0) is 31.1. The van der Waals surface area contributed by atoms with Gasteiger partial charge in [-0.1, -0.05) is 19.4 Å². The number of rotatable bonds is 10. The molecule has 222 valence electrons. The predicted molar refractivity (Wildman–Crippen MR) is 157 cm³/mol. The van der Waals surface area contributed by atoms with Crippen LogP contribution in [0.15, 0.2) is 36.4 Å². The highest BCUT2D eigenvalue weighted by Crippen LogP contribution is 2.45. The summed E-state index contributed by atoms with van der Waals surface area (Å²) in [7, 11) is 5.02. The Hall–Kier alpha value is -4.66. The Morgan fingerprint density at radius 1 is 0.548 bits per heavy atom. The lowest BCUT2D eigenvalue weighted by Gasteiger charge is -2.23. The van der Waals surface area contributed by atoms with Crippen molar-refractivity contribution in [3.8, 4) is 28.0 Å². The van der Waals surface area contributed by atoms with E-state index >= 15 is 0 Å². The highest BCUT2D eigenvalue weighted by atomic mass is 16.5. The third-order valence-electron chi connectivity index (χ3n) is 6.70. The molecule has 0 aliphatic heterocycles. The maximum absolute atomic E-state index is 13.3. The van der Waals surface area contributed by atoms with Crippen LogP contribution in [0, 0.1) is 20.8 Å². The number of aryl methyl sites for hydroxylation is 3. The van der Waals surface area contributed by atoms with Crippen molar-refractivity contribution in [2.24, 2.45) is 0 Å². The fourth-order valence-corrected chi connectivity index (χ4v) is 4.86. The van der Waals surface area contributed by atoms with Crippen molar-refractivity contribution in [2.45, 2.75) is 40.5 Å². The van der Waals surface area contributed by atoms with Crippen molar-refractivity contribution in [3.63, 3.8) is 0 Å². The minimum Gasteiger partial charge on any atom is -0.492 e. The quantitative estimate of drug-likeness (QED) is 0.156. The summed E-state index contributed by atoms with van der Waals surface area (Å²) in [4.78, 5) is 52.6. The standard InChI is InChI=1S/C33H36O9/c1-9-10-11-42-29-22(13-19(3)17-26(29)33(37)41-8)27-21(12-18(2)14-23(27)30(34)38-5)28-24(31(35)39-6)15-20(4)16-25(28)32(36)40-7/h12-17H,9-11H2,1-8H3. The highest BCUT2D eigenvalue weighted by Gasteiger charge is 2.30. The Bertz CT molecular complexity index is 1500. The number of carbonyl (C=O) groups is 4. The molecule has 0 N–H and O–H groups in total. The minimum absolute atomic E-state index is 0.0925. The van der Waals surface area contributed by atoms with Gasteiger partial charge in [-0.3, -0.25) is 0 Å². The van der Waals surface area contributed by atoms with Gasteiger partial charge in [-0.2, -0.15) is 0 Å². The molecular formula is C33H36O9. The van der Waals surface area contributed by atoms with Gasteiger partial charge in [0.2, 0.25) is 0 Å². The number of hydrogen-bond donors (Lipinski definition) is 0. The van der Waals surface area contributed by atoms with E-state index in [1.165, 1.54) is 28.4 Å².